The Kier molecular flexibility index (Phi) is 7.90. The number of morpholine rings is 1. The summed E-state index contributed by atoms with van der Waals surface area (Å²) >= 11 is 0. The second-order valence-electron chi connectivity index (χ2n) is 8.77. The van der Waals surface area contributed by atoms with E-state index in [1.54, 1.807) is 18.2 Å². The molecule has 3 unspecified atom stereocenters. The molecule has 2 aliphatic rings. The monoisotopic (exact) mass is 438 g/mol. The van der Waals surface area contributed by atoms with Gasteiger partial charge in [0.25, 0.3) is 0 Å². The van der Waals surface area contributed by atoms with Crippen molar-refractivity contribution in [2.45, 2.75) is 51.0 Å². The predicted octanol–water partition coefficient (Wildman–Crippen LogP) is 3.12. The van der Waals surface area contributed by atoms with Crippen LogP contribution in [0.3, 0.4) is 0 Å². The standard InChI is InChI=1S/C22H34N2O5S/c1-16(2)20-8-7-17(3)13-21(20)29-15-22(25)23-18-5-4-6-19(14-18)30(26,27)24-9-11-28-12-10-24/h4-6,14,16-17,20-21H,7-13,15H2,1-3H3,(H,23,25). The van der Waals surface area contributed by atoms with Crippen molar-refractivity contribution in [3.8, 4) is 0 Å². The van der Waals surface area contributed by atoms with Crippen LogP contribution in [-0.2, 0) is 24.3 Å². The van der Waals surface area contributed by atoms with Crippen molar-refractivity contribution in [3.63, 3.8) is 0 Å². The van der Waals surface area contributed by atoms with E-state index in [1.165, 1.54) is 16.8 Å². The van der Waals surface area contributed by atoms with Gasteiger partial charge in [0.15, 0.2) is 0 Å². The molecule has 8 heteroatoms. The van der Waals surface area contributed by atoms with Crippen LogP contribution in [0, 0.1) is 17.8 Å². The zero-order chi connectivity index (χ0) is 21.7. The van der Waals surface area contributed by atoms with Crippen molar-refractivity contribution in [2.24, 2.45) is 17.8 Å². The minimum atomic E-state index is -3.60. The summed E-state index contributed by atoms with van der Waals surface area (Å²) in [5.74, 6) is 1.33. The first-order valence-electron chi connectivity index (χ1n) is 10.9. The molecule has 168 valence electrons. The lowest BCUT2D eigenvalue weighted by atomic mass is 9.75. The number of amides is 1. The number of nitrogens with zero attached hydrogens (tertiary/aromatic N) is 1. The number of rotatable bonds is 7. The molecule has 1 heterocycles. The number of carbonyl (C=O) groups excluding carboxylic acids is 1. The van der Waals surface area contributed by atoms with Crippen LogP contribution in [0.4, 0.5) is 5.69 Å². The Bertz CT molecular complexity index is 821. The van der Waals surface area contributed by atoms with Crippen molar-refractivity contribution in [3.05, 3.63) is 24.3 Å². The maximum atomic E-state index is 12.8. The van der Waals surface area contributed by atoms with Gasteiger partial charge in [0, 0.05) is 18.8 Å². The molecular formula is C22H34N2O5S. The molecule has 1 aromatic carbocycles. The highest BCUT2D eigenvalue weighted by Crippen LogP contribution is 2.35. The summed E-state index contributed by atoms with van der Waals surface area (Å²) in [4.78, 5) is 12.6. The fourth-order valence-electron chi connectivity index (χ4n) is 4.36. The number of benzene rings is 1. The normalized spacial score (nSPS) is 25.9. The van der Waals surface area contributed by atoms with Crippen LogP contribution >= 0.6 is 0 Å². The number of hydrogen-bond acceptors (Lipinski definition) is 5. The average molecular weight is 439 g/mol. The Morgan fingerprint density at radius 1 is 1.27 bits per heavy atom. The lowest BCUT2D eigenvalue weighted by Crippen LogP contribution is -2.40. The van der Waals surface area contributed by atoms with Gasteiger partial charge in [-0.25, -0.2) is 8.42 Å². The number of nitrogens with one attached hydrogen (secondary N) is 1. The lowest BCUT2D eigenvalue weighted by molar-refractivity contribution is -0.126. The fourth-order valence-corrected chi connectivity index (χ4v) is 5.81. The van der Waals surface area contributed by atoms with Crippen LogP contribution in [0.15, 0.2) is 29.2 Å². The van der Waals surface area contributed by atoms with Crippen LogP contribution < -0.4 is 5.32 Å². The molecular weight excluding hydrogens is 404 g/mol. The lowest BCUT2D eigenvalue weighted by Gasteiger charge is -2.37. The van der Waals surface area contributed by atoms with Gasteiger partial charge in [-0.05, 0) is 48.8 Å². The summed E-state index contributed by atoms with van der Waals surface area (Å²) in [6.45, 7) is 8.07. The topological polar surface area (TPSA) is 84.9 Å². The predicted molar refractivity (Wildman–Crippen MR) is 116 cm³/mol. The first-order valence-corrected chi connectivity index (χ1v) is 12.3. The molecule has 0 spiro atoms. The van der Waals surface area contributed by atoms with Crippen molar-refractivity contribution < 1.29 is 22.7 Å². The van der Waals surface area contributed by atoms with E-state index in [0.717, 1.165) is 12.8 Å². The van der Waals surface area contributed by atoms with Gasteiger partial charge in [-0.3, -0.25) is 4.79 Å². The molecule has 0 aromatic heterocycles. The molecule has 0 bridgehead atoms. The molecule has 2 fully saturated rings. The quantitative estimate of drug-likeness (QED) is 0.707. The zero-order valence-electron chi connectivity index (χ0n) is 18.2. The number of hydrogen-bond donors (Lipinski definition) is 1. The van der Waals surface area contributed by atoms with Crippen LogP contribution in [-0.4, -0.2) is 57.6 Å². The largest absolute Gasteiger partial charge is 0.379 e. The highest BCUT2D eigenvalue weighted by Gasteiger charge is 2.32. The highest BCUT2D eigenvalue weighted by atomic mass is 32.2. The van der Waals surface area contributed by atoms with Crippen molar-refractivity contribution in [2.75, 3.05) is 38.2 Å². The minimum absolute atomic E-state index is 0.0267. The van der Waals surface area contributed by atoms with E-state index in [0.29, 0.717) is 49.7 Å². The van der Waals surface area contributed by atoms with Gasteiger partial charge in [0.1, 0.15) is 6.61 Å². The zero-order valence-corrected chi connectivity index (χ0v) is 19.0. The molecule has 1 saturated carbocycles. The van der Waals surface area contributed by atoms with E-state index in [2.05, 4.69) is 26.1 Å². The van der Waals surface area contributed by atoms with Crippen molar-refractivity contribution in [1.82, 2.24) is 4.31 Å². The number of anilines is 1. The smallest absolute Gasteiger partial charge is 0.250 e. The minimum Gasteiger partial charge on any atom is -0.379 e. The summed E-state index contributed by atoms with van der Waals surface area (Å²) in [5, 5.41) is 2.78. The van der Waals surface area contributed by atoms with Crippen LogP contribution in [0.5, 0.6) is 0 Å². The molecule has 3 atom stereocenters. The molecule has 1 aromatic rings. The van der Waals surface area contributed by atoms with Crippen molar-refractivity contribution >= 4 is 21.6 Å². The average Bonchev–Trinajstić information content (AvgIpc) is 2.73. The van der Waals surface area contributed by atoms with Crippen LogP contribution in [0.1, 0.15) is 40.0 Å². The van der Waals surface area contributed by atoms with Gasteiger partial charge in [-0.1, -0.05) is 33.3 Å². The van der Waals surface area contributed by atoms with Crippen LogP contribution in [0.2, 0.25) is 0 Å². The third-order valence-electron chi connectivity index (χ3n) is 6.12. The first-order chi connectivity index (χ1) is 14.3. The van der Waals surface area contributed by atoms with Crippen molar-refractivity contribution in [1.29, 1.82) is 0 Å². The maximum Gasteiger partial charge on any atom is 0.250 e. The molecule has 0 radical (unpaired) electrons. The van der Waals surface area contributed by atoms with Gasteiger partial charge >= 0.3 is 0 Å². The van der Waals surface area contributed by atoms with Gasteiger partial charge in [-0.2, -0.15) is 4.31 Å². The number of ether oxygens (including phenoxy) is 2. The highest BCUT2D eigenvalue weighted by molar-refractivity contribution is 7.89. The Morgan fingerprint density at radius 3 is 2.70 bits per heavy atom. The summed E-state index contributed by atoms with van der Waals surface area (Å²) in [7, 11) is -3.60. The fraction of sp³-hybridized carbons (Fsp3) is 0.682. The van der Waals surface area contributed by atoms with E-state index >= 15 is 0 Å². The van der Waals surface area contributed by atoms with Crippen LogP contribution in [0.25, 0.3) is 0 Å². The molecule has 1 amide bonds. The summed E-state index contributed by atoms with van der Waals surface area (Å²) in [6, 6.07) is 6.38. The summed E-state index contributed by atoms with van der Waals surface area (Å²) in [6.07, 6.45) is 3.41. The molecule has 7 nitrogen and oxygen atoms in total. The molecule has 1 saturated heterocycles. The first kappa shape index (κ1) is 23.2. The molecule has 1 aliphatic carbocycles. The third-order valence-corrected chi connectivity index (χ3v) is 8.01. The van der Waals surface area contributed by atoms with E-state index < -0.39 is 10.0 Å². The van der Waals surface area contributed by atoms with Gasteiger partial charge in [0.2, 0.25) is 15.9 Å². The van der Waals surface area contributed by atoms with E-state index in [4.69, 9.17) is 9.47 Å². The number of sulfonamides is 1. The summed E-state index contributed by atoms with van der Waals surface area (Å²) < 4.78 is 38.3. The van der Waals surface area contributed by atoms with Gasteiger partial charge in [-0.15, -0.1) is 0 Å². The molecule has 1 aliphatic heterocycles. The second kappa shape index (κ2) is 10.2. The molecule has 3 rings (SSSR count). The molecule has 30 heavy (non-hydrogen) atoms. The SMILES string of the molecule is CC1CCC(C(C)C)C(OCC(=O)Nc2cccc(S(=O)(=O)N3CCOCC3)c2)C1. The van der Waals surface area contributed by atoms with Gasteiger partial charge < -0.3 is 14.8 Å². The van der Waals surface area contributed by atoms with E-state index in [1.807, 2.05) is 0 Å². The molecule has 1 N–H and O–H groups in total. The third kappa shape index (κ3) is 5.81. The van der Waals surface area contributed by atoms with E-state index in [-0.39, 0.29) is 23.5 Å². The Morgan fingerprint density at radius 2 is 2.00 bits per heavy atom. The number of carbonyl (C=O) groups is 1. The Balaban J connectivity index is 1.59. The summed E-state index contributed by atoms with van der Waals surface area (Å²) in [5.41, 5.74) is 0.454. The Hall–Kier alpha value is -1.48. The maximum absolute atomic E-state index is 12.8. The van der Waals surface area contributed by atoms with E-state index in [9.17, 15) is 13.2 Å². The second-order valence-corrected chi connectivity index (χ2v) is 10.7. The van der Waals surface area contributed by atoms with Gasteiger partial charge in [0.05, 0.1) is 24.2 Å². The Labute approximate surface area is 180 Å².